The lowest BCUT2D eigenvalue weighted by atomic mass is 10.2. The van der Waals surface area contributed by atoms with E-state index in [2.05, 4.69) is 18.2 Å². The fourth-order valence-electron chi connectivity index (χ4n) is 0.999. The fourth-order valence-corrected chi connectivity index (χ4v) is 0.999. The van der Waals surface area contributed by atoms with E-state index in [0.717, 1.165) is 25.3 Å². The van der Waals surface area contributed by atoms with Crippen LogP contribution in [0.2, 0.25) is 0 Å². The van der Waals surface area contributed by atoms with E-state index in [1.807, 2.05) is 0 Å². The molecule has 0 aromatic heterocycles. The van der Waals surface area contributed by atoms with Crippen molar-refractivity contribution in [2.45, 2.75) is 45.8 Å². The fraction of sp³-hybridized carbons (Fsp3) is 0.636. The Hall–Kier alpha value is -1.32. The van der Waals surface area contributed by atoms with E-state index >= 15 is 0 Å². The van der Waals surface area contributed by atoms with Crippen molar-refractivity contribution in [3.63, 3.8) is 0 Å². The molecular formula is C11H18O4. The molecule has 1 unspecified atom stereocenters. The Balaban J connectivity index is 3.66. The summed E-state index contributed by atoms with van der Waals surface area (Å²) in [5.41, 5.74) is 0. The van der Waals surface area contributed by atoms with Gasteiger partial charge in [0.05, 0.1) is 0 Å². The molecule has 0 radical (unpaired) electrons. The van der Waals surface area contributed by atoms with Crippen molar-refractivity contribution in [3.8, 4) is 0 Å². The van der Waals surface area contributed by atoms with Gasteiger partial charge in [-0.05, 0) is 6.42 Å². The van der Waals surface area contributed by atoms with Gasteiger partial charge in [0, 0.05) is 19.4 Å². The summed E-state index contributed by atoms with van der Waals surface area (Å²) in [5.74, 6) is -0.934. The number of hydrogen-bond acceptors (Lipinski definition) is 4. The zero-order chi connectivity index (χ0) is 11.7. The molecule has 0 aliphatic rings. The molecule has 0 rings (SSSR count). The first kappa shape index (κ1) is 13.7. The number of carbonyl (C=O) groups is 2. The van der Waals surface area contributed by atoms with Crippen LogP contribution in [0, 0.1) is 0 Å². The second-order valence-corrected chi connectivity index (χ2v) is 3.16. The highest BCUT2D eigenvalue weighted by molar-refractivity contribution is 5.81. The van der Waals surface area contributed by atoms with Crippen LogP contribution in [0.15, 0.2) is 12.7 Å². The van der Waals surface area contributed by atoms with Crippen LogP contribution < -0.4 is 0 Å². The highest BCUT2D eigenvalue weighted by Gasteiger charge is 2.11. The third-order valence-electron chi connectivity index (χ3n) is 1.73. The molecule has 0 aromatic carbocycles. The van der Waals surface area contributed by atoms with Gasteiger partial charge in [0.1, 0.15) is 0 Å². The van der Waals surface area contributed by atoms with E-state index in [9.17, 15) is 9.59 Å². The summed E-state index contributed by atoms with van der Waals surface area (Å²) in [5, 5.41) is 0. The summed E-state index contributed by atoms with van der Waals surface area (Å²) in [6, 6.07) is 0. The second-order valence-electron chi connectivity index (χ2n) is 3.16. The van der Waals surface area contributed by atoms with Crippen molar-refractivity contribution >= 4 is 11.9 Å². The molecule has 0 fully saturated rings. The quantitative estimate of drug-likeness (QED) is 0.282. The van der Waals surface area contributed by atoms with Crippen molar-refractivity contribution in [1.82, 2.24) is 0 Å². The van der Waals surface area contributed by atoms with Gasteiger partial charge in [-0.1, -0.05) is 26.3 Å². The Bertz CT molecular complexity index is 223. The molecule has 4 heteroatoms. The largest absolute Gasteiger partial charge is 0.425 e. The van der Waals surface area contributed by atoms with Crippen molar-refractivity contribution in [2.24, 2.45) is 0 Å². The molecule has 0 amide bonds. The number of hydrogen-bond donors (Lipinski definition) is 0. The zero-order valence-electron chi connectivity index (χ0n) is 9.32. The van der Waals surface area contributed by atoms with Crippen LogP contribution in [0.3, 0.4) is 0 Å². The number of esters is 2. The molecule has 86 valence electrons. The van der Waals surface area contributed by atoms with Crippen molar-refractivity contribution < 1.29 is 19.1 Å². The average molecular weight is 214 g/mol. The van der Waals surface area contributed by atoms with Crippen LogP contribution in [0.1, 0.15) is 39.5 Å². The maximum absolute atomic E-state index is 11.2. The minimum Gasteiger partial charge on any atom is -0.425 e. The van der Waals surface area contributed by atoms with Crippen molar-refractivity contribution in [2.75, 3.05) is 0 Å². The monoisotopic (exact) mass is 214 g/mol. The number of unbranched alkanes of at least 4 members (excludes halogenated alkanes) is 2. The van der Waals surface area contributed by atoms with E-state index in [1.54, 1.807) is 0 Å². The maximum Gasteiger partial charge on any atom is 0.333 e. The van der Waals surface area contributed by atoms with Gasteiger partial charge < -0.3 is 9.47 Å². The van der Waals surface area contributed by atoms with Crippen molar-refractivity contribution in [3.05, 3.63) is 12.7 Å². The predicted octanol–water partition coefficient (Wildman–Crippen LogP) is 2.19. The first-order valence-corrected chi connectivity index (χ1v) is 5.12. The average Bonchev–Trinajstić information content (AvgIpc) is 2.17. The Morgan fingerprint density at radius 3 is 2.53 bits per heavy atom. The summed E-state index contributed by atoms with van der Waals surface area (Å²) in [6.07, 6.45) is 3.40. The van der Waals surface area contributed by atoms with Gasteiger partial charge in [0.15, 0.2) is 0 Å². The minimum atomic E-state index is -0.843. The van der Waals surface area contributed by atoms with Crippen LogP contribution in [-0.2, 0) is 19.1 Å². The Morgan fingerprint density at radius 1 is 1.33 bits per heavy atom. The molecular weight excluding hydrogens is 196 g/mol. The molecule has 0 saturated heterocycles. The molecule has 0 spiro atoms. The van der Waals surface area contributed by atoms with Crippen LogP contribution in [0.25, 0.3) is 0 Å². The molecule has 0 aromatic rings. The van der Waals surface area contributed by atoms with E-state index in [1.165, 1.54) is 6.92 Å². The third kappa shape index (κ3) is 7.73. The van der Waals surface area contributed by atoms with Gasteiger partial charge in [0.2, 0.25) is 6.29 Å². The van der Waals surface area contributed by atoms with E-state index in [0.29, 0.717) is 6.42 Å². The predicted molar refractivity (Wildman–Crippen MR) is 56.0 cm³/mol. The summed E-state index contributed by atoms with van der Waals surface area (Å²) < 4.78 is 9.52. The second kappa shape index (κ2) is 8.03. The molecule has 0 N–H and O–H groups in total. The first-order chi connectivity index (χ1) is 7.10. The summed E-state index contributed by atoms with van der Waals surface area (Å²) >= 11 is 0. The topological polar surface area (TPSA) is 52.6 Å². The highest BCUT2D eigenvalue weighted by atomic mass is 16.7. The van der Waals surface area contributed by atoms with Gasteiger partial charge in [-0.15, -0.1) is 0 Å². The lowest BCUT2D eigenvalue weighted by Gasteiger charge is -2.12. The number of ether oxygens (including phenoxy) is 2. The molecule has 0 bridgehead atoms. The normalized spacial score (nSPS) is 11.6. The van der Waals surface area contributed by atoms with Crippen molar-refractivity contribution in [1.29, 1.82) is 0 Å². The van der Waals surface area contributed by atoms with Crippen LogP contribution in [0.4, 0.5) is 0 Å². The van der Waals surface area contributed by atoms with Gasteiger partial charge in [-0.25, -0.2) is 4.79 Å². The molecule has 0 heterocycles. The van der Waals surface area contributed by atoms with Crippen LogP contribution in [0.5, 0.6) is 0 Å². The van der Waals surface area contributed by atoms with E-state index < -0.39 is 12.3 Å². The highest BCUT2D eigenvalue weighted by Crippen LogP contribution is 2.03. The number of carbonyl (C=O) groups excluding carboxylic acids is 2. The Labute approximate surface area is 90.2 Å². The van der Waals surface area contributed by atoms with Gasteiger partial charge in [-0.3, -0.25) is 4.79 Å². The van der Waals surface area contributed by atoms with Crippen LogP contribution >= 0.6 is 0 Å². The van der Waals surface area contributed by atoms with Crippen LogP contribution in [-0.4, -0.2) is 18.2 Å². The smallest absolute Gasteiger partial charge is 0.333 e. The lowest BCUT2D eigenvalue weighted by molar-refractivity contribution is -0.181. The first-order valence-electron chi connectivity index (χ1n) is 5.12. The van der Waals surface area contributed by atoms with Gasteiger partial charge >= 0.3 is 11.9 Å². The van der Waals surface area contributed by atoms with Gasteiger partial charge in [0.25, 0.3) is 0 Å². The summed E-state index contributed by atoms with van der Waals surface area (Å²) in [7, 11) is 0. The zero-order valence-corrected chi connectivity index (χ0v) is 9.32. The minimum absolute atomic E-state index is 0.340. The molecule has 0 aliphatic carbocycles. The van der Waals surface area contributed by atoms with E-state index in [4.69, 9.17) is 4.74 Å². The molecule has 4 nitrogen and oxygen atoms in total. The standard InChI is InChI=1S/C11H18O4/c1-4-6-7-8-11(13)15-9(3)14-10(12)5-2/h5,9H,2,4,6-8H2,1,3H3. The lowest BCUT2D eigenvalue weighted by Crippen LogP contribution is -2.20. The SMILES string of the molecule is C=CC(=O)OC(C)OC(=O)CCCCC. The number of rotatable bonds is 7. The third-order valence-corrected chi connectivity index (χ3v) is 1.73. The van der Waals surface area contributed by atoms with Gasteiger partial charge in [-0.2, -0.15) is 0 Å². The van der Waals surface area contributed by atoms with E-state index in [-0.39, 0.29) is 5.97 Å². The summed E-state index contributed by atoms with van der Waals surface area (Å²) in [4.78, 5) is 21.9. The summed E-state index contributed by atoms with van der Waals surface area (Å²) in [6.45, 7) is 6.79. The molecule has 1 atom stereocenters. The molecule has 0 saturated carbocycles. The Morgan fingerprint density at radius 2 is 2.00 bits per heavy atom. The molecule has 15 heavy (non-hydrogen) atoms. The maximum atomic E-state index is 11.2. The Kier molecular flexibility index (Phi) is 7.32. The molecule has 0 aliphatic heterocycles.